The van der Waals surface area contributed by atoms with E-state index in [9.17, 15) is 22.8 Å². The molecule has 0 radical (unpaired) electrons. The summed E-state index contributed by atoms with van der Waals surface area (Å²) in [6.45, 7) is 7.83. The molecule has 1 aliphatic heterocycles. The first-order chi connectivity index (χ1) is 14.8. The summed E-state index contributed by atoms with van der Waals surface area (Å²) in [5, 5.41) is 5.53. The fraction of sp³-hybridized carbons (Fsp3) is 0.455. The predicted octanol–water partition coefficient (Wildman–Crippen LogP) is 4.56. The number of aromatic nitrogens is 1. The van der Waals surface area contributed by atoms with E-state index in [1.54, 1.807) is 32.9 Å². The summed E-state index contributed by atoms with van der Waals surface area (Å²) in [6.07, 6.45) is -4.79. The first-order valence-corrected chi connectivity index (χ1v) is 10.2. The number of nitrogens with zero attached hydrogens (tertiary/aromatic N) is 1. The first-order valence-electron chi connectivity index (χ1n) is 10.2. The van der Waals surface area contributed by atoms with Crippen LogP contribution in [0.25, 0.3) is 11.1 Å². The van der Waals surface area contributed by atoms with Crippen molar-refractivity contribution < 1.29 is 32.2 Å². The van der Waals surface area contributed by atoms with Crippen molar-refractivity contribution in [2.75, 3.05) is 13.1 Å². The molecule has 174 valence electrons. The maximum Gasteiger partial charge on any atom is 0.573 e. The summed E-state index contributed by atoms with van der Waals surface area (Å²) in [4.78, 5) is 24.3. The molecule has 32 heavy (non-hydrogen) atoms. The van der Waals surface area contributed by atoms with Crippen LogP contribution >= 0.6 is 0 Å². The van der Waals surface area contributed by atoms with E-state index in [4.69, 9.17) is 4.74 Å². The molecule has 0 fully saturated rings. The highest BCUT2D eigenvalue weighted by atomic mass is 19.4. The molecule has 0 saturated heterocycles. The zero-order chi connectivity index (χ0) is 23.7. The van der Waals surface area contributed by atoms with Crippen molar-refractivity contribution in [3.8, 4) is 16.9 Å². The number of nitrogens with one attached hydrogen (secondary N) is 2. The number of hydrogen-bond acceptors (Lipinski definition) is 4. The number of carbonyl (C=O) groups is 2. The zero-order valence-electron chi connectivity index (χ0n) is 18.3. The van der Waals surface area contributed by atoms with E-state index in [-0.39, 0.29) is 17.7 Å². The van der Waals surface area contributed by atoms with Crippen molar-refractivity contribution in [2.45, 2.75) is 52.1 Å². The molecule has 0 spiro atoms. The van der Waals surface area contributed by atoms with Gasteiger partial charge in [-0.1, -0.05) is 12.1 Å². The highest BCUT2D eigenvalue weighted by Gasteiger charge is 2.32. The lowest BCUT2D eigenvalue weighted by atomic mass is 10.1. The van der Waals surface area contributed by atoms with Gasteiger partial charge in [0, 0.05) is 24.3 Å². The minimum absolute atomic E-state index is 0.138. The van der Waals surface area contributed by atoms with E-state index in [1.165, 1.54) is 18.2 Å². The highest BCUT2D eigenvalue weighted by Crippen LogP contribution is 2.34. The number of fused-ring (bicyclic) bond motifs is 1. The molecule has 0 saturated carbocycles. The quantitative estimate of drug-likeness (QED) is 0.696. The van der Waals surface area contributed by atoms with E-state index in [2.05, 4.69) is 15.4 Å². The minimum Gasteiger partial charge on any atom is -0.444 e. The number of amides is 2. The Kier molecular flexibility index (Phi) is 6.43. The van der Waals surface area contributed by atoms with Crippen LogP contribution in [0.15, 0.2) is 30.3 Å². The number of alkyl halides is 3. The fourth-order valence-corrected chi connectivity index (χ4v) is 3.70. The average Bonchev–Trinajstić information content (AvgIpc) is 2.99. The van der Waals surface area contributed by atoms with Gasteiger partial charge in [-0.3, -0.25) is 4.79 Å². The van der Waals surface area contributed by atoms with Gasteiger partial charge in [-0.05, 0) is 57.9 Å². The molecule has 2 aromatic rings. The van der Waals surface area contributed by atoms with Gasteiger partial charge in [-0.2, -0.15) is 0 Å². The predicted molar refractivity (Wildman–Crippen MR) is 112 cm³/mol. The molecule has 0 bridgehead atoms. The second kappa shape index (κ2) is 8.76. The summed E-state index contributed by atoms with van der Waals surface area (Å²) in [6, 6.07) is 7.16. The molecule has 7 nitrogen and oxygen atoms in total. The molecule has 0 aliphatic carbocycles. The number of benzene rings is 1. The van der Waals surface area contributed by atoms with E-state index in [0.717, 1.165) is 5.69 Å². The van der Waals surface area contributed by atoms with Crippen LogP contribution in [-0.2, 0) is 4.74 Å². The molecular formula is C22H26F3N3O4. The lowest BCUT2D eigenvalue weighted by Gasteiger charge is -2.28. The summed E-state index contributed by atoms with van der Waals surface area (Å²) < 4.78 is 48.9. The van der Waals surface area contributed by atoms with Crippen LogP contribution in [0.5, 0.6) is 5.75 Å². The van der Waals surface area contributed by atoms with Crippen LogP contribution in [0.4, 0.5) is 18.0 Å². The number of carbonyl (C=O) groups excluding carboxylic acids is 2. The zero-order valence-corrected chi connectivity index (χ0v) is 18.3. The van der Waals surface area contributed by atoms with Crippen molar-refractivity contribution in [3.63, 3.8) is 0 Å². The molecule has 1 aromatic heterocycles. The van der Waals surface area contributed by atoms with Gasteiger partial charge in [0.2, 0.25) is 0 Å². The number of halogens is 3. The van der Waals surface area contributed by atoms with Crippen LogP contribution in [-0.4, -0.2) is 41.6 Å². The van der Waals surface area contributed by atoms with E-state index >= 15 is 0 Å². The lowest BCUT2D eigenvalue weighted by molar-refractivity contribution is -0.274. The van der Waals surface area contributed by atoms with Crippen molar-refractivity contribution in [1.29, 1.82) is 0 Å². The number of hydrogen-bond donors (Lipinski definition) is 2. The largest absolute Gasteiger partial charge is 0.573 e. The Morgan fingerprint density at radius 1 is 1.25 bits per heavy atom. The van der Waals surface area contributed by atoms with Crippen molar-refractivity contribution in [1.82, 2.24) is 15.2 Å². The maximum atomic E-state index is 12.6. The third-order valence-corrected chi connectivity index (χ3v) is 4.91. The third kappa shape index (κ3) is 5.74. The van der Waals surface area contributed by atoms with Crippen molar-refractivity contribution in [2.24, 2.45) is 0 Å². The Hall–Kier alpha value is -3.17. The van der Waals surface area contributed by atoms with Gasteiger partial charge in [0.1, 0.15) is 17.0 Å². The number of rotatable bonds is 5. The summed E-state index contributed by atoms with van der Waals surface area (Å²) in [5.74, 6) is -0.598. The smallest absolute Gasteiger partial charge is 0.444 e. The lowest BCUT2D eigenvalue weighted by Crippen LogP contribution is -2.41. The Bertz CT molecular complexity index is 1010. The Balaban J connectivity index is 1.81. The molecule has 3 rings (SSSR count). The monoisotopic (exact) mass is 453 g/mol. The Morgan fingerprint density at radius 3 is 2.62 bits per heavy atom. The van der Waals surface area contributed by atoms with Crippen LogP contribution in [0.2, 0.25) is 0 Å². The van der Waals surface area contributed by atoms with Crippen molar-refractivity contribution in [3.05, 3.63) is 41.7 Å². The Labute approximate surface area is 183 Å². The highest BCUT2D eigenvalue weighted by molar-refractivity contribution is 5.95. The van der Waals surface area contributed by atoms with E-state index in [0.29, 0.717) is 36.3 Å². The van der Waals surface area contributed by atoms with E-state index in [1.807, 2.05) is 11.5 Å². The summed E-state index contributed by atoms with van der Waals surface area (Å²) in [7, 11) is 0. The second-order valence-corrected chi connectivity index (χ2v) is 8.56. The SMILES string of the molecule is Cc1c(-c2cccc(OC(F)(F)F)c2)cc2n1C(CCNC(=O)OC(C)(C)C)CNC2=O. The maximum absolute atomic E-state index is 12.6. The molecule has 1 unspecified atom stereocenters. The number of ether oxygens (including phenoxy) is 2. The minimum atomic E-state index is -4.79. The standard InChI is InChI=1S/C22H26F3N3O4/c1-13-17(14-6-5-7-16(10-14)31-22(23,24)25)11-18-19(29)27-12-15(28(13)18)8-9-26-20(30)32-21(2,3)4/h5-7,10-11,15H,8-9,12H2,1-4H3,(H,26,30)(H,27,29). The van der Waals surface area contributed by atoms with Crippen LogP contribution < -0.4 is 15.4 Å². The van der Waals surface area contributed by atoms with Gasteiger partial charge < -0.3 is 24.7 Å². The van der Waals surface area contributed by atoms with Crippen LogP contribution in [0.1, 0.15) is 49.4 Å². The second-order valence-electron chi connectivity index (χ2n) is 8.56. The Morgan fingerprint density at radius 2 is 1.97 bits per heavy atom. The van der Waals surface area contributed by atoms with Gasteiger partial charge >= 0.3 is 12.5 Å². The van der Waals surface area contributed by atoms with Gasteiger partial charge in [-0.25, -0.2) is 4.79 Å². The normalized spacial score (nSPS) is 16.2. The molecule has 1 aromatic carbocycles. The first kappa shape index (κ1) is 23.5. The molecule has 10 heteroatoms. The van der Waals surface area contributed by atoms with Crippen LogP contribution in [0.3, 0.4) is 0 Å². The molecule has 1 aliphatic rings. The fourth-order valence-electron chi connectivity index (χ4n) is 3.70. The summed E-state index contributed by atoms with van der Waals surface area (Å²) in [5.41, 5.74) is 1.68. The third-order valence-electron chi connectivity index (χ3n) is 4.91. The van der Waals surface area contributed by atoms with E-state index < -0.39 is 18.1 Å². The number of alkyl carbamates (subject to hydrolysis) is 1. The van der Waals surface area contributed by atoms with Crippen molar-refractivity contribution >= 4 is 12.0 Å². The topological polar surface area (TPSA) is 81.6 Å². The molecule has 1 atom stereocenters. The summed E-state index contributed by atoms with van der Waals surface area (Å²) >= 11 is 0. The van der Waals surface area contributed by atoms with Gasteiger partial charge in [-0.15, -0.1) is 13.2 Å². The molecule has 2 amide bonds. The van der Waals surface area contributed by atoms with Gasteiger partial charge in [0.15, 0.2) is 0 Å². The van der Waals surface area contributed by atoms with Gasteiger partial charge in [0.05, 0.1) is 6.04 Å². The van der Waals surface area contributed by atoms with Crippen LogP contribution in [0, 0.1) is 6.92 Å². The average molecular weight is 453 g/mol. The van der Waals surface area contributed by atoms with Gasteiger partial charge in [0.25, 0.3) is 5.91 Å². The molecule has 2 heterocycles. The molecule has 2 N–H and O–H groups in total. The molecular weight excluding hydrogens is 427 g/mol.